The fraction of sp³-hybridized carbons (Fsp3) is 0.0588. The molecule has 0 unspecified atom stereocenters. The lowest BCUT2D eigenvalue weighted by molar-refractivity contribution is -0.384. The molecule has 0 spiro atoms. The molecular formula is C17H13N3O4. The SMILES string of the molecule is COC(=O)c1cn(-c2ccccc2)nc1-c1cccc([N+](=O)[O-])c1. The van der Waals surface area contributed by atoms with Gasteiger partial charge >= 0.3 is 5.97 Å². The van der Waals surface area contributed by atoms with Crippen LogP contribution in [0.25, 0.3) is 16.9 Å². The van der Waals surface area contributed by atoms with Gasteiger partial charge in [0.25, 0.3) is 5.69 Å². The zero-order valence-electron chi connectivity index (χ0n) is 12.7. The molecule has 0 saturated heterocycles. The number of hydrogen-bond donors (Lipinski definition) is 0. The molecule has 7 heteroatoms. The van der Waals surface area contributed by atoms with Crippen LogP contribution in [0.15, 0.2) is 60.8 Å². The summed E-state index contributed by atoms with van der Waals surface area (Å²) < 4.78 is 6.34. The predicted molar refractivity (Wildman–Crippen MR) is 87.0 cm³/mol. The average Bonchev–Trinajstić information content (AvgIpc) is 3.07. The van der Waals surface area contributed by atoms with Crippen LogP contribution in [0.3, 0.4) is 0 Å². The maximum Gasteiger partial charge on any atom is 0.341 e. The van der Waals surface area contributed by atoms with Gasteiger partial charge in [-0.05, 0) is 12.1 Å². The van der Waals surface area contributed by atoms with Crippen molar-refractivity contribution < 1.29 is 14.5 Å². The Hall–Kier alpha value is -3.48. The van der Waals surface area contributed by atoms with Crippen LogP contribution in [0.1, 0.15) is 10.4 Å². The second kappa shape index (κ2) is 6.33. The van der Waals surface area contributed by atoms with Gasteiger partial charge in [-0.1, -0.05) is 30.3 Å². The minimum absolute atomic E-state index is 0.0717. The highest BCUT2D eigenvalue weighted by molar-refractivity contribution is 5.96. The molecule has 3 rings (SSSR count). The molecule has 0 radical (unpaired) electrons. The molecular weight excluding hydrogens is 310 g/mol. The summed E-state index contributed by atoms with van der Waals surface area (Å²) in [7, 11) is 1.28. The van der Waals surface area contributed by atoms with Crippen molar-refractivity contribution in [2.24, 2.45) is 0 Å². The van der Waals surface area contributed by atoms with Crippen molar-refractivity contribution in [1.29, 1.82) is 0 Å². The van der Waals surface area contributed by atoms with E-state index in [2.05, 4.69) is 5.10 Å². The molecule has 2 aromatic carbocycles. The first-order chi connectivity index (χ1) is 11.6. The fourth-order valence-corrected chi connectivity index (χ4v) is 2.33. The number of hydrogen-bond acceptors (Lipinski definition) is 5. The molecule has 0 atom stereocenters. The Morgan fingerprint density at radius 1 is 1.17 bits per heavy atom. The third-order valence-corrected chi connectivity index (χ3v) is 3.47. The van der Waals surface area contributed by atoms with E-state index >= 15 is 0 Å². The van der Waals surface area contributed by atoms with E-state index in [4.69, 9.17) is 4.74 Å². The summed E-state index contributed by atoms with van der Waals surface area (Å²) in [6, 6.07) is 15.2. The molecule has 0 aliphatic heterocycles. The van der Waals surface area contributed by atoms with Crippen LogP contribution in [0.5, 0.6) is 0 Å². The predicted octanol–water partition coefficient (Wildman–Crippen LogP) is 3.23. The molecule has 7 nitrogen and oxygen atoms in total. The Labute approximate surface area is 137 Å². The number of nitro benzene ring substituents is 1. The van der Waals surface area contributed by atoms with Crippen molar-refractivity contribution in [3.63, 3.8) is 0 Å². The Bertz CT molecular complexity index is 903. The van der Waals surface area contributed by atoms with Gasteiger partial charge in [-0.25, -0.2) is 9.48 Å². The van der Waals surface area contributed by atoms with Crippen molar-refractivity contribution in [3.05, 3.63) is 76.5 Å². The summed E-state index contributed by atoms with van der Waals surface area (Å²) >= 11 is 0. The quantitative estimate of drug-likeness (QED) is 0.418. The highest BCUT2D eigenvalue weighted by Crippen LogP contribution is 2.27. The van der Waals surface area contributed by atoms with Crippen molar-refractivity contribution >= 4 is 11.7 Å². The zero-order chi connectivity index (χ0) is 17.1. The van der Waals surface area contributed by atoms with Gasteiger partial charge in [0.05, 0.1) is 17.7 Å². The van der Waals surface area contributed by atoms with E-state index < -0.39 is 10.9 Å². The normalized spacial score (nSPS) is 10.4. The van der Waals surface area contributed by atoms with E-state index in [-0.39, 0.29) is 11.3 Å². The number of nitro groups is 1. The molecule has 0 fully saturated rings. The van der Waals surface area contributed by atoms with E-state index in [1.807, 2.05) is 30.3 Å². The number of rotatable bonds is 4. The van der Waals surface area contributed by atoms with Crippen molar-refractivity contribution in [1.82, 2.24) is 9.78 Å². The van der Waals surface area contributed by atoms with E-state index in [1.54, 1.807) is 23.0 Å². The first-order valence-electron chi connectivity index (χ1n) is 7.08. The van der Waals surface area contributed by atoms with Gasteiger partial charge in [-0.3, -0.25) is 10.1 Å². The molecule has 0 bridgehead atoms. The second-order valence-electron chi connectivity index (χ2n) is 4.97. The number of carbonyl (C=O) groups excluding carboxylic acids is 1. The molecule has 0 aliphatic carbocycles. The van der Waals surface area contributed by atoms with Crippen LogP contribution in [-0.2, 0) is 4.74 Å². The highest BCUT2D eigenvalue weighted by atomic mass is 16.6. The Kier molecular flexibility index (Phi) is 4.07. The minimum atomic E-state index is -0.557. The molecule has 0 N–H and O–H groups in total. The number of carbonyl (C=O) groups is 1. The standard InChI is InChI=1S/C17H13N3O4/c1-24-17(21)15-11-19(13-7-3-2-4-8-13)18-16(15)12-6-5-9-14(10-12)20(22)23/h2-11H,1H3. The van der Waals surface area contributed by atoms with Crippen LogP contribution in [0.4, 0.5) is 5.69 Å². The van der Waals surface area contributed by atoms with Crippen LogP contribution in [0.2, 0.25) is 0 Å². The van der Waals surface area contributed by atoms with E-state index in [0.29, 0.717) is 11.3 Å². The third kappa shape index (κ3) is 2.87. The molecule has 0 aliphatic rings. The van der Waals surface area contributed by atoms with E-state index in [1.165, 1.54) is 19.2 Å². The minimum Gasteiger partial charge on any atom is -0.465 e. The first-order valence-corrected chi connectivity index (χ1v) is 7.08. The van der Waals surface area contributed by atoms with Crippen LogP contribution in [0, 0.1) is 10.1 Å². The van der Waals surface area contributed by atoms with E-state index in [0.717, 1.165) is 5.69 Å². The molecule has 1 aromatic heterocycles. The van der Waals surface area contributed by atoms with Crippen LogP contribution in [-0.4, -0.2) is 27.8 Å². The molecule has 1 heterocycles. The number of nitrogens with zero attached hydrogens (tertiary/aromatic N) is 3. The van der Waals surface area contributed by atoms with Crippen LogP contribution < -0.4 is 0 Å². The number of para-hydroxylation sites is 1. The first kappa shape index (κ1) is 15.4. The lowest BCUT2D eigenvalue weighted by Gasteiger charge is -2.01. The summed E-state index contributed by atoms with van der Waals surface area (Å²) in [6.07, 6.45) is 1.55. The monoisotopic (exact) mass is 323 g/mol. The fourth-order valence-electron chi connectivity index (χ4n) is 2.33. The topological polar surface area (TPSA) is 87.3 Å². The number of esters is 1. The van der Waals surface area contributed by atoms with Gasteiger partial charge in [0.1, 0.15) is 11.3 Å². The van der Waals surface area contributed by atoms with Gasteiger partial charge in [0.15, 0.2) is 0 Å². The zero-order valence-corrected chi connectivity index (χ0v) is 12.7. The number of non-ortho nitro benzene ring substituents is 1. The summed E-state index contributed by atoms with van der Waals surface area (Å²) in [5.74, 6) is -0.557. The van der Waals surface area contributed by atoms with Gasteiger partial charge in [0.2, 0.25) is 0 Å². The molecule has 0 saturated carbocycles. The third-order valence-electron chi connectivity index (χ3n) is 3.47. The summed E-state index contributed by atoms with van der Waals surface area (Å²) in [5, 5.41) is 15.4. The smallest absolute Gasteiger partial charge is 0.341 e. The largest absolute Gasteiger partial charge is 0.465 e. The number of methoxy groups -OCH3 is 1. The van der Waals surface area contributed by atoms with Gasteiger partial charge in [-0.2, -0.15) is 5.10 Å². The summed E-state index contributed by atoms with van der Waals surface area (Å²) in [5.41, 5.74) is 1.73. The Morgan fingerprint density at radius 2 is 1.92 bits per heavy atom. The number of benzene rings is 2. The summed E-state index contributed by atoms with van der Waals surface area (Å²) in [6.45, 7) is 0. The molecule has 24 heavy (non-hydrogen) atoms. The Balaban J connectivity index is 2.16. The van der Waals surface area contributed by atoms with Gasteiger partial charge < -0.3 is 4.74 Å². The maximum absolute atomic E-state index is 12.1. The number of aromatic nitrogens is 2. The molecule has 0 amide bonds. The lowest BCUT2D eigenvalue weighted by atomic mass is 10.1. The van der Waals surface area contributed by atoms with Crippen molar-refractivity contribution in [3.8, 4) is 16.9 Å². The second-order valence-corrected chi connectivity index (χ2v) is 4.97. The van der Waals surface area contributed by atoms with Crippen molar-refractivity contribution in [2.45, 2.75) is 0 Å². The Morgan fingerprint density at radius 3 is 2.58 bits per heavy atom. The van der Waals surface area contributed by atoms with Crippen molar-refractivity contribution in [2.75, 3.05) is 7.11 Å². The highest BCUT2D eigenvalue weighted by Gasteiger charge is 2.20. The lowest BCUT2D eigenvalue weighted by Crippen LogP contribution is -2.01. The van der Waals surface area contributed by atoms with Gasteiger partial charge in [0, 0.05) is 23.9 Å². The maximum atomic E-state index is 12.1. The van der Waals surface area contributed by atoms with Crippen LogP contribution >= 0.6 is 0 Å². The van der Waals surface area contributed by atoms with Gasteiger partial charge in [-0.15, -0.1) is 0 Å². The number of ether oxygens (including phenoxy) is 1. The van der Waals surface area contributed by atoms with E-state index in [9.17, 15) is 14.9 Å². The summed E-state index contributed by atoms with van der Waals surface area (Å²) in [4.78, 5) is 22.5. The molecule has 120 valence electrons. The average molecular weight is 323 g/mol. The molecule has 3 aromatic rings.